The van der Waals surface area contributed by atoms with Crippen molar-refractivity contribution in [3.63, 3.8) is 0 Å². The lowest BCUT2D eigenvalue weighted by Gasteiger charge is -1.98. The lowest BCUT2D eigenvalue weighted by Crippen LogP contribution is -1.86. The van der Waals surface area contributed by atoms with Crippen LogP contribution in [0.25, 0.3) is 0 Å². The number of hydrogen-bond acceptors (Lipinski definition) is 1. The molecule has 12 heavy (non-hydrogen) atoms. The summed E-state index contributed by atoms with van der Waals surface area (Å²) in [4.78, 5) is 0. The first kappa shape index (κ1) is 9.09. The van der Waals surface area contributed by atoms with Crippen LogP contribution in [0.1, 0.15) is 23.1 Å². The SMILES string of the molecule is Cl.N#Cc1cccc2c1CCC2. The molecular weight excluding hydrogens is 170 g/mol. The minimum atomic E-state index is 0. The standard InChI is InChI=1S/C10H9N.ClH/c11-7-9-5-1-3-8-4-2-6-10(8)9;/h1,3,5H,2,4,6H2;1H. The van der Waals surface area contributed by atoms with Crippen molar-refractivity contribution < 1.29 is 0 Å². The molecule has 0 atom stereocenters. The van der Waals surface area contributed by atoms with Crippen LogP contribution >= 0.6 is 12.4 Å². The second-order valence-corrected chi connectivity index (χ2v) is 2.91. The van der Waals surface area contributed by atoms with Crippen LogP contribution in [0.3, 0.4) is 0 Å². The van der Waals surface area contributed by atoms with Gasteiger partial charge in [-0.1, -0.05) is 12.1 Å². The first-order chi connectivity index (χ1) is 5.42. The third-order valence-corrected chi connectivity index (χ3v) is 2.27. The molecule has 1 aliphatic carbocycles. The van der Waals surface area contributed by atoms with Gasteiger partial charge < -0.3 is 0 Å². The molecule has 0 saturated carbocycles. The van der Waals surface area contributed by atoms with Gasteiger partial charge in [0.15, 0.2) is 0 Å². The topological polar surface area (TPSA) is 23.8 Å². The van der Waals surface area contributed by atoms with E-state index in [1.165, 1.54) is 17.5 Å². The number of nitriles is 1. The predicted molar refractivity (Wildman–Crippen MR) is 50.4 cm³/mol. The van der Waals surface area contributed by atoms with Gasteiger partial charge in [-0.25, -0.2) is 0 Å². The molecule has 0 radical (unpaired) electrons. The number of hydrogen-bond donors (Lipinski definition) is 0. The van der Waals surface area contributed by atoms with E-state index in [4.69, 9.17) is 5.26 Å². The van der Waals surface area contributed by atoms with E-state index in [-0.39, 0.29) is 12.4 Å². The quantitative estimate of drug-likeness (QED) is 0.600. The van der Waals surface area contributed by atoms with E-state index >= 15 is 0 Å². The van der Waals surface area contributed by atoms with Crippen LogP contribution in [0.4, 0.5) is 0 Å². The Bertz CT molecular complexity index is 325. The molecule has 0 aliphatic heterocycles. The molecule has 0 N–H and O–H groups in total. The van der Waals surface area contributed by atoms with Gasteiger partial charge in [0.05, 0.1) is 11.6 Å². The Morgan fingerprint density at radius 3 is 2.83 bits per heavy atom. The maximum absolute atomic E-state index is 8.75. The molecule has 1 aromatic carbocycles. The first-order valence-electron chi connectivity index (χ1n) is 3.92. The summed E-state index contributed by atoms with van der Waals surface area (Å²) in [6.45, 7) is 0. The van der Waals surface area contributed by atoms with Gasteiger partial charge in [0, 0.05) is 0 Å². The van der Waals surface area contributed by atoms with Gasteiger partial charge >= 0.3 is 0 Å². The number of nitrogens with zero attached hydrogens (tertiary/aromatic N) is 1. The van der Waals surface area contributed by atoms with Gasteiger partial charge in [0.1, 0.15) is 0 Å². The molecule has 0 aromatic heterocycles. The van der Waals surface area contributed by atoms with Crippen LogP contribution in [-0.2, 0) is 12.8 Å². The second-order valence-electron chi connectivity index (χ2n) is 2.91. The molecule has 62 valence electrons. The highest BCUT2D eigenvalue weighted by atomic mass is 35.5. The second kappa shape index (κ2) is 3.60. The van der Waals surface area contributed by atoms with Crippen LogP contribution in [0.5, 0.6) is 0 Å². The van der Waals surface area contributed by atoms with Gasteiger partial charge in [-0.2, -0.15) is 5.26 Å². The van der Waals surface area contributed by atoms with Crippen LogP contribution in [0.2, 0.25) is 0 Å². The van der Waals surface area contributed by atoms with Crippen molar-refractivity contribution in [2.75, 3.05) is 0 Å². The van der Waals surface area contributed by atoms with E-state index < -0.39 is 0 Å². The summed E-state index contributed by atoms with van der Waals surface area (Å²) in [6, 6.07) is 8.24. The van der Waals surface area contributed by atoms with Crippen LogP contribution in [-0.4, -0.2) is 0 Å². The molecule has 0 spiro atoms. The van der Waals surface area contributed by atoms with Crippen LogP contribution in [0, 0.1) is 11.3 Å². The fourth-order valence-corrected chi connectivity index (χ4v) is 1.72. The maximum atomic E-state index is 8.75. The minimum Gasteiger partial charge on any atom is -0.192 e. The first-order valence-corrected chi connectivity index (χ1v) is 3.92. The molecule has 2 heteroatoms. The third-order valence-electron chi connectivity index (χ3n) is 2.27. The van der Waals surface area contributed by atoms with Crippen molar-refractivity contribution >= 4 is 12.4 Å². The molecule has 1 aromatic rings. The summed E-state index contributed by atoms with van der Waals surface area (Å²) < 4.78 is 0. The molecule has 0 saturated heterocycles. The monoisotopic (exact) mass is 179 g/mol. The van der Waals surface area contributed by atoms with E-state index in [1.54, 1.807) is 0 Å². The lowest BCUT2D eigenvalue weighted by atomic mass is 10.0. The van der Waals surface area contributed by atoms with Crippen molar-refractivity contribution in [2.45, 2.75) is 19.3 Å². The number of halogens is 1. The van der Waals surface area contributed by atoms with Crippen molar-refractivity contribution in [1.82, 2.24) is 0 Å². The Kier molecular flexibility index (Phi) is 2.73. The molecule has 1 nitrogen and oxygen atoms in total. The maximum Gasteiger partial charge on any atom is 0.0994 e. The summed E-state index contributed by atoms with van der Waals surface area (Å²) in [5.74, 6) is 0. The van der Waals surface area contributed by atoms with E-state index in [0.29, 0.717) is 0 Å². The molecule has 1 aliphatic rings. The number of fused-ring (bicyclic) bond motifs is 1. The fourth-order valence-electron chi connectivity index (χ4n) is 1.72. The molecule has 0 bridgehead atoms. The highest BCUT2D eigenvalue weighted by Crippen LogP contribution is 2.24. The highest BCUT2D eigenvalue weighted by Gasteiger charge is 2.13. The molecule has 0 unspecified atom stereocenters. The summed E-state index contributed by atoms with van der Waals surface area (Å²) in [7, 11) is 0. The van der Waals surface area contributed by atoms with E-state index in [9.17, 15) is 0 Å². The van der Waals surface area contributed by atoms with Crippen molar-refractivity contribution in [2.24, 2.45) is 0 Å². The molecule has 0 amide bonds. The average molecular weight is 180 g/mol. The molecule has 2 rings (SSSR count). The van der Waals surface area contributed by atoms with E-state index in [1.807, 2.05) is 12.1 Å². The van der Waals surface area contributed by atoms with Crippen LogP contribution in [0.15, 0.2) is 18.2 Å². The smallest absolute Gasteiger partial charge is 0.0994 e. The van der Waals surface area contributed by atoms with Gasteiger partial charge in [0.2, 0.25) is 0 Å². The fraction of sp³-hybridized carbons (Fsp3) is 0.300. The normalized spacial score (nSPS) is 12.9. The Morgan fingerprint density at radius 2 is 2.08 bits per heavy atom. The van der Waals surface area contributed by atoms with Gasteiger partial charge in [-0.3, -0.25) is 0 Å². The molecule has 0 heterocycles. The van der Waals surface area contributed by atoms with Crippen molar-refractivity contribution in [3.05, 3.63) is 34.9 Å². The minimum absolute atomic E-state index is 0. The number of rotatable bonds is 0. The number of benzene rings is 1. The zero-order chi connectivity index (χ0) is 7.68. The summed E-state index contributed by atoms with van der Waals surface area (Å²) >= 11 is 0. The van der Waals surface area contributed by atoms with Gasteiger partial charge in [0.25, 0.3) is 0 Å². The summed E-state index contributed by atoms with van der Waals surface area (Å²) in [5, 5.41) is 8.75. The average Bonchev–Trinajstić information content (AvgIpc) is 2.50. The Morgan fingerprint density at radius 1 is 1.25 bits per heavy atom. The molecule has 0 fully saturated rings. The lowest BCUT2D eigenvalue weighted by molar-refractivity contribution is 0.911. The summed E-state index contributed by atoms with van der Waals surface area (Å²) in [5.41, 5.74) is 3.54. The van der Waals surface area contributed by atoms with E-state index in [0.717, 1.165) is 18.4 Å². The summed E-state index contributed by atoms with van der Waals surface area (Å²) in [6.07, 6.45) is 3.47. The number of aryl methyl sites for hydroxylation is 1. The van der Waals surface area contributed by atoms with Crippen LogP contribution < -0.4 is 0 Å². The Labute approximate surface area is 78.4 Å². The van der Waals surface area contributed by atoms with E-state index in [2.05, 4.69) is 12.1 Å². The van der Waals surface area contributed by atoms with Crippen molar-refractivity contribution in [1.29, 1.82) is 5.26 Å². The van der Waals surface area contributed by atoms with Gasteiger partial charge in [-0.05, 0) is 36.5 Å². The van der Waals surface area contributed by atoms with Crippen molar-refractivity contribution in [3.8, 4) is 6.07 Å². The third kappa shape index (κ3) is 1.31. The highest BCUT2D eigenvalue weighted by molar-refractivity contribution is 5.85. The Hall–Kier alpha value is -1.00. The zero-order valence-corrected chi connectivity index (χ0v) is 7.53. The van der Waals surface area contributed by atoms with Gasteiger partial charge in [-0.15, -0.1) is 12.4 Å². The largest absolute Gasteiger partial charge is 0.192 e. The predicted octanol–water partition coefficient (Wildman–Crippen LogP) is 2.47. The zero-order valence-electron chi connectivity index (χ0n) is 6.71. The molecular formula is C10H10ClN. The Balaban J connectivity index is 0.000000720.